The van der Waals surface area contributed by atoms with Crippen molar-refractivity contribution >= 4 is 12.1 Å². The summed E-state index contributed by atoms with van der Waals surface area (Å²) in [6.07, 6.45) is -0.306. The fourth-order valence-electron chi connectivity index (χ4n) is 1.48. The Morgan fingerprint density at radius 3 is 3.00 bits per heavy atom. The Morgan fingerprint density at radius 1 is 1.60 bits per heavy atom. The lowest BCUT2D eigenvalue weighted by molar-refractivity contribution is 0.157. The van der Waals surface area contributed by atoms with Gasteiger partial charge in [-0.15, -0.1) is 0 Å². The van der Waals surface area contributed by atoms with Crippen LogP contribution in [0, 0.1) is 0 Å². The lowest BCUT2D eigenvalue weighted by atomic mass is 10.1. The summed E-state index contributed by atoms with van der Waals surface area (Å²) in [6.45, 7) is 0.988. The summed E-state index contributed by atoms with van der Waals surface area (Å²) in [5.74, 6) is 0. The molecular weight excluding hydrogens is 190 g/mol. The number of ether oxygens (including phenoxy) is 1. The molecule has 1 aromatic carbocycles. The summed E-state index contributed by atoms with van der Waals surface area (Å²) < 4.78 is 26.5. The van der Waals surface area contributed by atoms with Crippen molar-refractivity contribution in [3.05, 3.63) is 41.9 Å². The van der Waals surface area contributed by atoms with E-state index in [0.717, 1.165) is 5.56 Å². The largest absolute Gasteiger partial charge is 0.448 e. The van der Waals surface area contributed by atoms with Crippen LogP contribution in [0.2, 0.25) is 0 Å². The second-order valence-electron chi connectivity index (χ2n) is 3.36. The molecule has 1 aliphatic rings. The number of hydrogen-bond donors (Lipinski definition) is 0. The molecule has 1 fully saturated rings. The van der Waals surface area contributed by atoms with Crippen molar-refractivity contribution < 1.29 is 13.6 Å². The molecule has 0 bridgehead atoms. The van der Waals surface area contributed by atoms with Gasteiger partial charge in [0, 0.05) is 6.54 Å². The van der Waals surface area contributed by atoms with Crippen molar-refractivity contribution in [2.24, 2.45) is 0 Å². The number of amides is 1. The molecule has 0 saturated carbocycles. The zero-order valence-corrected chi connectivity index (χ0v) is 8.19. The van der Waals surface area contributed by atoms with Crippen molar-refractivity contribution in [3.63, 3.8) is 0 Å². The normalized spacial score (nSPS) is 17.7. The zero-order chi connectivity index (χ0) is 13.1. The Kier molecular flexibility index (Phi) is 1.85. The van der Waals surface area contributed by atoms with Gasteiger partial charge in [0.05, 0.1) is 10.7 Å². The Labute approximate surface area is 93.2 Å². The second-order valence-corrected chi connectivity index (χ2v) is 3.36. The SMILES string of the molecule is [2H]C([2H])=C([2H])c1ccc(CN2CCOC2=O)cc1. The molecule has 2 rings (SSSR count). The van der Waals surface area contributed by atoms with Crippen molar-refractivity contribution in [2.45, 2.75) is 6.54 Å². The van der Waals surface area contributed by atoms with E-state index in [1.807, 2.05) is 0 Å². The minimum absolute atomic E-state index is 0.109. The smallest absolute Gasteiger partial charge is 0.410 e. The standard InChI is InChI=1S/C12H13NO2/c1-2-10-3-5-11(6-4-10)9-13-7-8-15-12(13)14/h2-6H,1,7-9H2/i1D2,2D. The summed E-state index contributed by atoms with van der Waals surface area (Å²) >= 11 is 0. The number of carbonyl (C=O) groups excluding carboxylic acids is 1. The summed E-state index contributed by atoms with van der Waals surface area (Å²) in [5, 5.41) is 0. The van der Waals surface area contributed by atoms with Gasteiger partial charge in [-0.2, -0.15) is 0 Å². The van der Waals surface area contributed by atoms with Crippen LogP contribution in [0.25, 0.3) is 6.05 Å². The highest BCUT2D eigenvalue weighted by Crippen LogP contribution is 2.11. The van der Waals surface area contributed by atoms with Gasteiger partial charge in [0.1, 0.15) is 6.61 Å². The Hall–Kier alpha value is -1.77. The van der Waals surface area contributed by atoms with E-state index in [-0.39, 0.29) is 12.1 Å². The van der Waals surface area contributed by atoms with Gasteiger partial charge in [-0.25, -0.2) is 4.79 Å². The molecule has 1 saturated heterocycles. The van der Waals surface area contributed by atoms with Crippen LogP contribution in [0.5, 0.6) is 0 Å². The van der Waals surface area contributed by atoms with Crippen LogP contribution in [0.1, 0.15) is 15.2 Å². The molecule has 1 heterocycles. The Balaban J connectivity index is 2.08. The summed E-state index contributed by atoms with van der Waals surface area (Å²) in [4.78, 5) is 12.9. The average Bonchev–Trinajstić information content (AvgIpc) is 2.75. The van der Waals surface area contributed by atoms with Gasteiger partial charge in [-0.1, -0.05) is 36.8 Å². The first-order chi connectivity index (χ1) is 8.58. The lowest BCUT2D eigenvalue weighted by Gasteiger charge is -2.12. The maximum absolute atomic E-state index is 11.3. The molecule has 0 atom stereocenters. The van der Waals surface area contributed by atoms with Gasteiger partial charge in [0.25, 0.3) is 0 Å². The highest BCUT2D eigenvalue weighted by Gasteiger charge is 2.21. The number of rotatable bonds is 3. The van der Waals surface area contributed by atoms with Crippen molar-refractivity contribution in [1.29, 1.82) is 0 Å². The van der Waals surface area contributed by atoms with Gasteiger partial charge in [-0.3, -0.25) is 0 Å². The fourth-order valence-corrected chi connectivity index (χ4v) is 1.48. The van der Waals surface area contributed by atoms with E-state index in [2.05, 4.69) is 0 Å². The van der Waals surface area contributed by atoms with Crippen molar-refractivity contribution in [3.8, 4) is 0 Å². The summed E-state index contributed by atoms with van der Waals surface area (Å²) in [6, 6.07) is 6.84. The van der Waals surface area contributed by atoms with Gasteiger partial charge >= 0.3 is 6.09 Å². The predicted octanol–water partition coefficient (Wildman–Crippen LogP) is 2.28. The minimum Gasteiger partial charge on any atom is -0.448 e. The molecule has 0 aromatic heterocycles. The Morgan fingerprint density at radius 2 is 2.40 bits per heavy atom. The van der Waals surface area contributed by atoms with Crippen LogP contribution in [0.15, 0.2) is 30.8 Å². The molecule has 0 unspecified atom stereocenters. The van der Waals surface area contributed by atoms with Crippen LogP contribution in [-0.4, -0.2) is 24.1 Å². The first kappa shape index (κ1) is 6.67. The fraction of sp³-hybridized carbons (Fsp3) is 0.250. The highest BCUT2D eigenvalue weighted by molar-refractivity contribution is 5.69. The minimum atomic E-state index is -0.508. The van der Waals surface area contributed by atoms with E-state index >= 15 is 0 Å². The Bertz CT molecular complexity index is 481. The van der Waals surface area contributed by atoms with Gasteiger partial charge in [0.15, 0.2) is 0 Å². The van der Waals surface area contributed by atoms with Crippen LogP contribution < -0.4 is 0 Å². The van der Waals surface area contributed by atoms with E-state index in [1.54, 1.807) is 29.2 Å². The number of carbonyl (C=O) groups is 1. The molecular formula is C12H13NO2. The van der Waals surface area contributed by atoms with E-state index in [1.165, 1.54) is 0 Å². The van der Waals surface area contributed by atoms with Crippen LogP contribution in [-0.2, 0) is 11.3 Å². The van der Waals surface area contributed by atoms with E-state index in [9.17, 15) is 4.79 Å². The van der Waals surface area contributed by atoms with Gasteiger partial charge in [-0.05, 0) is 11.1 Å². The van der Waals surface area contributed by atoms with Crippen LogP contribution >= 0.6 is 0 Å². The molecule has 3 nitrogen and oxygen atoms in total. The number of nitrogens with zero attached hydrogens (tertiary/aromatic N) is 1. The average molecular weight is 206 g/mol. The van der Waals surface area contributed by atoms with Crippen molar-refractivity contribution in [2.75, 3.05) is 13.2 Å². The third-order valence-corrected chi connectivity index (χ3v) is 2.32. The first-order valence-corrected chi connectivity index (χ1v) is 4.73. The second kappa shape index (κ2) is 4.17. The van der Waals surface area contributed by atoms with Crippen LogP contribution in [0.4, 0.5) is 4.79 Å². The molecule has 0 N–H and O–H groups in total. The molecule has 1 amide bonds. The molecule has 0 radical (unpaired) electrons. The molecule has 15 heavy (non-hydrogen) atoms. The molecule has 3 heteroatoms. The third kappa shape index (κ3) is 2.18. The topological polar surface area (TPSA) is 29.5 Å². The number of hydrogen-bond acceptors (Lipinski definition) is 2. The summed E-state index contributed by atoms with van der Waals surface area (Å²) in [7, 11) is 0. The molecule has 78 valence electrons. The highest BCUT2D eigenvalue weighted by atomic mass is 16.6. The van der Waals surface area contributed by atoms with Crippen LogP contribution in [0.3, 0.4) is 0 Å². The molecule has 1 aromatic rings. The third-order valence-electron chi connectivity index (χ3n) is 2.32. The maximum Gasteiger partial charge on any atom is 0.410 e. The van der Waals surface area contributed by atoms with E-state index < -0.39 is 6.53 Å². The van der Waals surface area contributed by atoms with E-state index in [0.29, 0.717) is 25.3 Å². The monoisotopic (exact) mass is 206 g/mol. The van der Waals surface area contributed by atoms with Crippen molar-refractivity contribution in [1.82, 2.24) is 4.90 Å². The predicted molar refractivity (Wildman–Crippen MR) is 58.3 cm³/mol. The lowest BCUT2D eigenvalue weighted by Crippen LogP contribution is -2.23. The van der Waals surface area contributed by atoms with E-state index in [4.69, 9.17) is 8.85 Å². The van der Waals surface area contributed by atoms with Gasteiger partial charge in [0.2, 0.25) is 0 Å². The molecule has 0 spiro atoms. The maximum atomic E-state index is 11.3. The van der Waals surface area contributed by atoms with Gasteiger partial charge < -0.3 is 9.64 Å². The first-order valence-electron chi connectivity index (χ1n) is 6.23. The number of cyclic esters (lactones) is 1. The quantitative estimate of drug-likeness (QED) is 0.759. The molecule has 0 aliphatic carbocycles. The zero-order valence-electron chi connectivity index (χ0n) is 11.2. The number of benzene rings is 1. The summed E-state index contributed by atoms with van der Waals surface area (Å²) in [5.41, 5.74) is 1.46. The molecule has 1 aliphatic heterocycles.